The Morgan fingerprint density at radius 2 is 2.06 bits per heavy atom. The summed E-state index contributed by atoms with van der Waals surface area (Å²) in [6.45, 7) is 3.96. The van der Waals surface area contributed by atoms with Crippen LogP contribution in [0.5, 0.6) is 0 Å². The number of Topliss-reactive ketones (excluding diaryl/α,β-unsaturated/α-hetero) is 1. The maximum atomic E-state index is 12.3. The van der Waals surface area contributed by atoms with Crippen molar-refractivity contribution in [3.05, 3.63) is 0 Å². The van der Waals surface area contributed by atoms with Gasteiger partial charge in [0.2, 0.25) is 5.91 Å². The molecule has 1 aliphatic heterocycles. The van der Waals surface area contributed by atoms with Gasteiger partial charge in [-0.3, -0.25) is 14.5 Å². The molecule has 0 radical (unpaired) electrons. The first-order chi connectivity index (χ1) is 8.72. The van der Waals surface area contributed by atoms with E-state index in [1.165, 1.54) is 19.3 Å². The summed E-state index contributed by atoms with van der Waals surface area (Å²) in [5.74, 6) is 0.685. The van der Waals surface area contributed by atoms with Crippen LogP contribution in [0, 0.1) is 5.92 Å². The highest BCUT2D eigenvalue weighted by molar-refractivity contribution is 5.86. The summed E-state index contributed by atoms with van der Waals surface area (Å²) < 4.78 is 0. The molecule has 102 valence electrons. The number of amides is 1. The lowest BCUT2D eigenvalue weighted by molar-refractivity contribution is -0.132. The highest BCUT2D eigenvalue weighted by Gasteiger charge is 2.31. The van der Waals surface area contributed by atoms with Gasteiger partial charge in [-0.1, -0.05) is 26.2 Å². The van der Waals surface area contributed by atoms with Crippen LogP contribution in [0.2, 0.25) is 0 Å². The maximum Gasteiger partial charge on any atom is 0.237 e. The molecule has 0 aromatic heterocycles. The molecule has 1 unspecified atom stereocenters. The Morgan fingerprint density at radius 3 is 2.72 bits per heavy atom. The minimum absolute atomic E-state index is 0.0835. The third kappa shape index (κ3) is 3.10. The van der Waals surface area contributed by atoms with E-state index in [-0.39, 0.29) is 17.9 Å². The van der Waals surface area contributed by atoms with E-state index in [4.69, 9.17) is 0 Å². The number of hydrogen-bond acceptors (Lipinski definition) is 3. The molecule has 0 spiro atoms. The van der Waals surface area contributed by atoms with Gasteiger partial charge in [-0.15, -0.1) is 0 Å². The quantitative estimate of drug-likeness (QED) is 0.821. The summed E-state index contributed by atoms with van der Waals surface area (Å²) in [4.78, 5) is 26.1. The fraction of sp³-hybridized carbons (Fsp3) is 0.857. The van der Waals surface area contributed by atoms with Crippen molar-refractivity contribution in [3.63, 3.8) is 0 Å². The Morgan fingerprint density at radius 1 is 1.33 bits per heavy atom. The third-order valence-electron chi connectivity index (χ3n) is 4.25. The van der Waals surface area contributed by atoms with Crippen molar-refractivity contribution in [3.8, 4) is 0 Å². The van der Waals surface area contributed by atoms with E-state index in [2.05, 4.69) is 10.2 Å². The second-order valence-corrected chi connectivity index (χ2v) is 5.49. The van der Waals surface area contributed by atoms with Crippen molar-refractivity contribution in [1.29, 1.82) is 0 Å². The number of piperazine rings is 1. The fourth-order valence-electron chi connectivity index (χ4n) is 3.15. The monoisotopic (exact) mass is 252 g/mol. The molecule has 1 amide bonds. The van der Waals surface area contributed by atoms with Gasteiger partial charge in [0.25, 0.3) is 0 Å². The predicted molar refractivity (Wildman–Crippen MR) is 70.2 cm³/mol. The summed E-state index contributed by atoms with van der Waals surface area (Å²) in [7, 11) is 0. The molecule has 1 aliphatic carbocycles. The van der Waals surface area contributed by atoms with Gasteiger partial charge < -0.3 is 5.32 Å². The Bertz CT molecular complexity index is 311. The van der Waals surface area contributed by atoms with Crippen LogP contribution in [0.3, 0.4) is 0 Å². The molecular weight excluding hydrogens is 228 g/mol. The molecule has 2 rings (SSSR count). The number of nitrogens with zero attached hydrogens (tertiary/aromatic N) is 1. The van der Waals surface area contributed by atoms with Crippen LogP contribution in [-0.2, 0) is 9.59 Å². The summed E-state index contributed by atoms with van der Waals surface area (Å²) in [5, 5.41) is 2.87. The minimum Gasteiger partial charge on any atom is -0.353 e. The Labute approximate surface area is 109 Å². The van der Waals surface area contributed by atoms with Crippen LogP contribution in [0.1, 0.15) is 45.4 Å². The van der Waals surface area contributed by atoms with E-state index in [9.17, 15) is 9.59 Å². The predicted octanol–water partition coefficient (Wildman–Crippen LogP) is 1.35. The summed E-state index contributed by atoms with van der Waals surface area (Å²) >= 11 is 0. The zero-order chi connectivity index (χ0) is 13.0. The Hall–Kier alpha value is -0.900. The van der Waals surface area contributed by atoms with E-state index in [1.807, 2.05) is 6.92 Å². The number of ketones is 1. The van der Waals surface area contributed by atoms with Crippen LogP contribution in [-0.4, -0.2) is 42.3 Å². The first kappa shape index (κ1) is 13.5. The molecule has 1 heterocycles. The van der Waals surface area contributed by atoms with Crippen LogP contribution < -0.4 is 5.32 Å². The zero-order valence-corrected chi connectivity index (χ0v) is 11.3. The molecule has 4 nitrogen and oxygen atoms in total. The standard InChI is InChI=1S/C14H24N2O2/c1-2-12-14(18)15-8-9-16(12)10-13(17)11-6-4-3-5-7-11/h11-12H,2-10H2,1H3,(H,15,18). The number of hydrogen-bond donors (Lipinski definition) is 1. The lowest BCUT2D eigenvalue weighted by Gasteiger charge is -2.35. The van der Waals surface area contributed by atoms with Crippen LogP contribution in [0.25, 0.3) is 0 Å². The molecule has 0 bridgehead atoms. The van der Waals surface area contributed by atoms with E-state index in [0.29, 0.717) is 18.9 Å². The van der Waals surface area contributed by atoms with Gasteiger partial charge in [-0.25, -0.2) is 0 Å². The fourth-order valence-corrected chi connectivity index (χ4v) is 3.15. The molecule has 0 aromatic carbocycles. The topological polar surface area (TPSA) is 49.4 Å². The van der Waals surface area contributed by atoms with Gasteiger partial charge in [0.05, 0.1) is 12.6 Å². The average Bonchev–Trinajstić information content (AvgIpc) is 2.40. The third-order valence-corrected chi connectivity index (χ3v) is 4.25. The first-order valence-electron chi connectivity index (χ1n) is 7.27. The van der Waals surface area contributed by atoms with Crippen molar-refractivity contribution in [2.45, 2.75) is 51.5 Å². The largest absolute Gasteiger partial charge is 0.353 e. The number of rotatable bonds is 4. The lowest BCUT2D eigenvalue weighted by Crippen LogP contribution is -2.56. The van der Waals surface area contributed by atoms with Crippen molar-refractivity contribution >= 4 is 11.7 Å². The van der Waals surface area contributed by atoms with E-state index in [0.717, 1.165) is 25.8 Å². The second kappa shape index (κ2) is 6.32. The summed E-state index contributed by atoms with van der Waals surface area (Å²) in [6, 6.07) is -0.105. The Balaban J connectivity index is 1.90. The highest BCUT2D eigenvalue weighted by Crippen LogP contribution is 2.25. The molecule has 4 heteroatoms. The van der Waals surface area contributed by atoms with Crippen molar-refractivity contribution in [1.82, 2.24) is 10.2 Å². The van der Waals surface area contributed by atoms with Gasteiger partial charge in [-0.2, -0.15) is 0 Å². The molecule has 1 N–H and O–H groups in total. The van der Waals surface area contributed by atoms with Gasteiger partial charge in [-0.05, 0) is 19.3 Å². The normalized spacial score (nSPS) is 26.9. The van der Waals surface area contributed by atoms with Crippen LogP contribution in [0.15, 0.2) is 0 Å². The lowest BCUT2D eigenvalue weighted by atomic mass is 9.86. The second-order valence-electron chi connectivity index (χ2n) is 5.49. The van der Waals surface area contributed by atoms with Crippen molar-refractivity contribution < 1.29 is 9.59 Å². The molecule has 1 saturated heterocycles. The molecule has 18 heavy (non-hydrogen) atoms. The highest BCUT2D eigenvalue weighted by atomic mass is 16.2. The SMILES string of the molecule is CCC1C(=O)NCCN1CC(=O)C1CCCCC1. The van der Waals surface area contributed by atoms with Crippen LogP contribution in [0.4, 0.5) is 0 Å². The van der Waals surface area contributed by atoms with E-state index < -0.39 is 0 Å². The molecule has 2 aliphatic rings. The molecular formula is C14H24N2O2. The number of carbonyl (C=O) groups excluding carboxylic acids is 2. The Kier molecular flexibility index (Phi) is 4.75. The minimum atomic E-state index is -0.105. The van der Waals surface area contributed by atoms with Gasteiger partial charge in [0, 0.05) is 19.0 Å². The van der Waals surface area contributed by atoms with Crippen LogP contribution >= 0.6 is 0 Å². The van der Waals surface area contributed by atoms with E-state index >= 15 is 0 Å². The van der Waals surface area contributed by atoms with E-state index in [1.54, 1.807) is 0 Å². The smallest absolute Gasteiger partial charge is 0.237 e. The number of carbonyl (C=O) groups is 2. The maximum absolute atomic E-state index is 12.3. The molecule has 2 fully saturated rings. The van der Waals surface area contributed by atoms with Gasteiger partial charge in [0.15, 0.2) is 0 Å². The number of nitrogens with one attached hydrogen (secondary N) is 1. The zero-order valence-electron chi connectivity index (χ0n) is 11.3. The van der Waals surface area contributed by atoms with Crippen molar-refractivity contribution in [2.24, 2.45) is 5.92 Å². The van der Waals surface area contributed by atoms with Gasteiger partial charge in [0.1, 0.15) is 5.78 Å². The van der Waals surface area contributed by atoms with Crippen molar-refractivity contribution in [2.75, 3.05) is 19.6 Å². The molecule has 1 atom stereocenters. The average molecular weight is 252 g/mol. The molecule has 0 aromatic rings. The summed E-state index contributed by atoms with van der Waals surface area (Å²) in [5.41, 5.74) is 0. The summed E-state index contributed by atoms with van der Waals surface area (Å²) in [6.07, 6.45) is 6.53. The first-order valence-corrected chi connectivity index (χ1v) is 7.27. The molecule has 1 saturated carbocycles. The van der Waals surface area contributed by atoms with Gasteiger partial charge >= 0.3 is 0 Å².